The Morgan fingerprint density at radius 1 is 1.19 bits per heavy atom. The van der Waals surface area contributed by atoms with Crippen molar-refractivity contribution in [3.8, 4) is 0 Å². The minimum Gasteiger partial charge on any atom is -0.312 e. The Labute approximate surface area is 101 Å². The van der Waals surface area contributed by atoms with Crippen molar-refractivity contribution in [3.63, 3.8) is 0 Å². The average molecular weight is 224 g/mol. The Kier molecular flexibility index (Phi) is 4.26. The van der Waals surface area contributed by atoms with Gasteiger partial charge in [-0.05, 0) is 44.9 Å². The first-order valence-electron chi connectivity index (χ1n) is 7.19. The van der Waals surface area contributed by atoms with Gasteiger partial charge in [0.25, 0.3) is 0 Å². The number of hydrogen-bond donors (Lipinski definition) is 1. The maximum Gasteiger partial charge on any atom is 0.0221 e. The number of hydrogen-bond acceptors (Lipinski definition) is 2. The highest BCUT2D eigenvalue weighted by atomic mass is 15.2. The van der Waals surface area contributed by atoms with Gasteiger partial charge in [-0.15, -0.1) is 0 Å². The summed E-state index contributed by atoms with van der Waals surface area (Å²) in [6.07, 6.45) is 6.91. The van der Waals surface area contributed by atoms with Crippen molar-refractivity contribution in [1.29, 1.82) is 0 Å². The molecule has 0 aromatic heterocycles. The van der Waals surface area contributed by atoms with Crippen LogP contribution < -0.4 is 5.32 Å². The van der Waals surface area contributed by atoms with Gasteiger partial charge >= 0.3 is 0 Å². The maximum atomic E-state index is 3.70. The first-order valence-corrected chi connectivity index (χ1v) is 7.19. The molecule has 2 aliphatic rings. The molecule has 94 valence electrons. The first kappa shape index (κ1) is 12.4. The lowest BCUT2D eigenvalue weighted by Crippen LogP contribution is -2.51. The summed E-state index contributed by atoms with van der Waals surface area (Å²) in [5, 5.41) is 3.70. The van der Waals surface area contributed by atoms with E-state index in [2.05, 4.69) is 31.0 Å². The van der Waals surface area contributed by atoms with Gasteiger partial charge in [-0.1, -0.05) is 13.8 Å². The van der Waals surface area contributed by atoms with Crippen LogP contribution in [0, 0.1) is 5.92 Å². The van der Waals surface area contributed by atoms with Gasteiger partial charge in [0.1, 0.15) is 0 Å². The molecule has 2 heteroatoms. The summed E-state index contributed by atoms with van der Waals surface area (Å²) in [5.74, 6) is 0.895. The van der Waals surface area contributed by atoms with E-state index in [1.807, 2.05) is 0 Å². The van der Waals surface area contributed by atoms with E-state index >= 15 is 0 Å². The molecular weight excluding hydrogens is 196 g/mol. The molecule has 2 nitrogen and oxygen atoms in total. The lowest BCUT2D eigenvalue weighted by Gasteiger charge is -2.42. The molecule has 3 atom stereocenters. The van der Waals surface area contributed by atoms with Gasteiger partial charge in [0.2, 0.25) is 0 Å². The number of likely N-dealkylation sites (tertiary alicyclic amines) is 1. The van der Waals surface area contributed by atoms with Gasteiger partial charge < -0.3 is 5.32 Å². The van der Waals surface area contributed by atoms with Crippen molar-refractivity contribution in [2.24, 2.45) is 5.92 Å². The van der Waals surface area contributed by atoms with E-state index in [0.29, 0.717) is 0 Å². The monoisotopic (exact) mass is 224 g/mol. The summed E-state index contributed by atoms with van der Waals surface area (Å²) in [4.78, 5) is 2.75. The molecule has 1 aliphatic carbocycles. The van der Waals surface area contributed by atoms with Crippen molar-refractivity contribution >= 4 is 0 Å². The Balaban J connectivity index is 1.84. The molecular formula is C14H28N2. The molecule has 3 unspecified atom stereocenters. The van der Waals surface area contributed by atoms with Gasteiger partial charge in [0, 0.05) is 31.2 Å². The minimum atomic E-state index is 0.762. The van der Waals surface area contributed by atoms with E-state index in [9.17, 15) is 0 Å². The first-order chi connectivity index (χ1) is 7.70. The van der Waals surface area contributed by atoms with Crippen LogP contribution in [0.5, 0.6) is 0 Å². The van der Waals surface area contributed by atoms with Crippen molar-refractivity contribution in [1.82, 2.24) is 10.2 Å². The second kappa shape index (κ2) is 5.50. The second-order valence-corrected chi connectivity index (χ2v) is 5.97. The van der Waals surface area contributed by atoms with Crippen LogP contribution in [0.1, 0.15) is 52.9 Å². The van der Waals surface area contributed by atoms with E-state index in [4.69, 9.17) is 0 Å². The van der Waals surface area contributed by atoms with Gasteiger partial charge in [-0.25, -0.2) is 0 Å². The molecule has 0 aromatic carbocycles. The molecule has 2 rings (SSSR count). The summed E-state index contributed by atoms with van der Waals surface area (Å²) in [5.41, 5.74) is 0. The Bertz CT molecular complexity index is 213. The number of nitrogens with one attached hydrogen (secondary N) is 1. The highest BCUT2D eigenvalue weighted by molar-refractivity contribution is 4.87. The highest BCUT2D eigenvalue weighted by Crippen LogP contribution is 2.25. The third kappa shape index (κ3) is 3.21. The van der Waals surface area contributed by atoms with Crippen LogP contribution in [0.4, 0.5) is 0 Å². The smallest absolute Gasteiger partial charge is 0.0221 e. The fourth-order valence-electron chi connectivity index (χ4n) is 2.92. The molecule has 0 radical (unpaired) electrons. The lowest BCUT2D eigenvalue weighted by atomic mass is 9.93. The number of nitrogens with zero attached hydrogens (tertiary/aromatic N) is 1. The van der Waals surface area contributed by atoms with E-state index in [1.54, 1.807) is 0 Å². The summed E-state index contributed by atoms with van der Waals surface area (Å²) in [6.45, 7) is 9.67. The third-order valence-electron chi connectivity index (χ3n) is 4.33. The molecule has 0 amide bonds. The number of rotatable bonds is 5. The van der Waals surface area contributed by atoms with Crippen molar-refractivity contribution in [2.45, 2.75) is 71.0 Å². The van der Waals surface area contributed by atoms with E-state index < -0.39 is 0 Å². The van der Waals surface area contributed by atoms with Gasteiger partial charge in [0.05, 0.1) is 0 Å². The molecule has 0 bridgehead atoms. The fourth-order valence-corrected chi connectivity index (χ4v) is 2.92. The van der Waals surface area contributed by atoms with Crippen LogP contribution in [-0.2, 0) is 0 Å². The standard InChI is InChI=1S/C14H28N2/c1-4-14(9-15-13-7-8-13)16-10-11(2)5-6-12(16)3/h11-15H,4-10H2,1-3H3. The van der Waals surface area contributed by atoms with Crippen molar-refractivity contribution in [3.05, 3.63) is 0 Å². The Morgan fingerprint density at radius 3 is 2.56 bits per heavy atom. The largest absolute Gasteiger partial charge is 0.312 e. The van der Waals surface area contributed by atoms with E-state index in [-0.39, 0.29) is 0 Å². The SMILES string of the molecule is CCC(CNC1CC1)N1CC(C)CCC1C. The third-order valence-corrected chi connectivity index (χ3v) is 4.33. The highest BCUT2D eigenvalue weighted by Gasteiger charge is 2.29. The molecule has 1 heterocycles. The van der Waals surface area contributed by atoms with Crippen LogP contribution in [0.15, 0.2) is 0 Å². The van der Waals surface area contributed by atoms with Crippen molar-refractivity contribution in [2.75, 3.05) is 13.1 Å². The second-order valence-electron chi connectivity index (χ2n) is 5.97. The molecule has 1 saturated carbocycles. The lowest BCUT2D eigenvalue weighted by molar-refractivity contribution is 0.0739. The van der Waals surface area contributed by atoms with E-state index in [1.165, 1.54) is 45.2 Å². The zero-order valence-electron chi connectivity index (χ0n) is 11.2. The summed E-state index contributed by atoms with van der Waals surface area (Å²) >= 11 is 0. The predicted molar refractivity (Wildman–Crippen MR) is 69.7 cm³/mol. The van der Waals surface area contributed by atoms with Gasteiger partial charge in [-0.2, -0.15) is 0 Å². The topological polar surface area (TPSA) is 15.3 Å². The van der Waals surface area contributed by atoms with Crippen LogP contribution >= 0.6 is 0 Å². The maximum absolute atomic E-state index is 3.70. The van der Waals surface area contributed by atoms with Crippen LogP contribution in [0.25, 0.3) is 0 Å². The minimum absolute atomic E-state index is 0.762. The molecule has 1 saturated heterocycles. The Morgan fingerprint density at radius 2 is 1.94 bits per heavy atom. The van der Waals surface area contributed by atoms with Crippen molar-refractivity contribution < 1.29 is 0 Å². The predicted octanol–water partition coefficient (Wildman–Crippen LogP) is 2.64. The average Bonchev–Trinajstić information content (AvgIpc) is 3.07. The zero-order valence-corrected chi connectivity index (χ0v) is 11.2. The zero-order chi connectivity index (χ0) is 11.5. The van der Waals surface area contributed by atoms with Crippen LogP contribution in [-0.4, -0.2) is 36.1 Å². The summed E-state index contributed by atoms with van der Waals surface area (Å²) in [7, 11) is 0. The van der Waals surface area contributed by atoms with Crippen LogP contribution in [0.3, 0.4) is 0 Å². The van der Waals surface area contributed by atoms with Crippen LogP contribution in [0.2, 0.25) is 0 Å². The molecule has 0 spiro atoms. The Hall–Kier alpha value is -0.0800. The normalized spacial score (nSPS) is 33.9. The van der Waals surface area contributed by atoms with E-state index in [0.717, 1.165) is 24.0 Å². The number of piperidine rings is 1. The van der Waals surface area contributed by atoms with Gasteiger partial charge in [0.15, 0.2) is 0 Å². The molecule has 0 aromatic rings. The molecule has 1 N–H and O–H groups in total. The molecule has 2 fully saturated rings. The quantitative estimate of drug-likeness (QED) is 0.772. The summed E-state index contributed by atoms with van der Waals surface area (Å²) < 4.78 is 0. The molecule has 16 heavy (non-hydrogen) atoms. The molecule has 1 aliphatic heterocycles. The summed E-state index contributed by atoms with van der Waals surface area (Å²) in [6, 6.07) is 2.41. The fraction of sp³-hybridized carbons (Fsp3) is 1.00. The van der Waals surface area contributed by atoms with Gasteiger partial charge in [-0.3, -0.25) is 4.90 Å².